The van der Waals surface area contributed by atoms with Crippen molar-refractivity contribution in [3.8, 4) is 5.82 Å². The highest BCUT2D eigenvalue weighted by molar-refractivity contribution is 5.85. The van der Waals surface area contributed by atoms with Gasteiger partial charge in [0.15, 0.2) is 5.82 Å². The van der Waals surface area contributed by atoms with Crippen molar-refractivity contribution in [2.45, 2.75) is 25.1 Å². The molecule has 3 aromatic rings. The van der Waals surface area contributed by atoms with E-state index in [2.05, 4.69) is 25.4 Å². The molecular formula is C19H25F4N9O. The van der Waals surface area contributed by atoms with Crippen LogP contribution >= 0.6 is 0 Å². The highest BCUT2D eigenvalue weighted by Crippen LogP contribution is 2.26. The first kappa shape index (κ1) is 22.2. The van der Waals surface area contributed by atoms with Gasteiger partial charge in [0.2, 0.25) is 17.8 Å². The minimum atomic E-state index is -4.49. The summed E-state index contributed by atoms with van der Waals surface area (Å²) >= 11 is 0. The lowest BCUT2D eigenvalue weighted by Gasteiger charge is -2.25. The minimum Gasteiger partial charge on any atom is -0.368 e. The van der Waals surface area contributed by atoms with Crippen LogP contribution in [0.3, 0.4) is 0 Å². The van der Waals surface area contributed by atoms with Crippen LogP contribution in [0.5, 0.6) is 0 Å². The number of hydrogen-bond donors (Lipinski definition) is 3. The van der Waals surface area contributed by atoms with E-state index in [-0.39, 0.29) is 27.8 Å². The molecule has 0 spiro atoms. The van der Waals surface area contributed by atoms with E-state index in [0.717, 1.165) is 0 Å². The van der Waals surface area contributed by atoms with Gasteiger partial charge in [0.1, 0.15) is 30.5 Å². The summed E-state index contributed by atoms with van der Waals surface area (Å²) in [4.78, 5) is 26.3. The molecule has 4 rings (SSSR count). The van der Waals surface area contributed by atoms with E-state index < -0.39 is 24.7 Å². The molecule has 2 aromatic heterocycles. The molecule has 0 aliphatic carbocycles. The first-order valence-corrected chi connectivity index (χ1v) is 9.88. The number of nitrogen functional groups attached to an aromatic ring is 1. The van der Waals surface area contributed by atoms with Crippen LogP contribution in [0.15, 0.2) is 36.7 Å². The van der Waals surface area contributed by atoms with E-state index in [1.807, 2.05) is 5.32 Å². The summed E-state index contributed by atoms with van der Waals surface area (Å²) in [7, 11) is 0. The van der Waals surface area contributed by atoms with Crippen molar-refractivity contribution < 1.29 is 26.6 Å². The fraction of sp³-hybridized carbons (Fsp3) is 0.316. The largest absolute Gasteiger partial charge is 0.405 e. The fourth-order valence-corrected chi connectivity index (χ4v) is 3.44. The zero-order valence-electron chi connectivity index (χ0n) is 17.1. The second kappa shape index (κ2) is 8.88. The number of alkyl halides is 3. The van der Waals surface area contributed by atoms with E-state index in [9.17, 15) is 22.4 Å². The van der Waals surface area contributed by atoms with Crippen LogP contribution in [0, 0.1) is 5.82 Å². The molecule has 0 unspecified atom stereocenters. The van der Waals surface area contributed by atoms with Crippen molar-refractivity contribution in [2.24, 2.45) is 0 Å². The Hall–Kier alpha value is -3.97. The monoisotopic (exact) mass is 471 g/mol. The van der Waals surface area contributed by atoms with Gasteiger partial charge in [-0.1, -0.05) is 0 Å². The molecule has 1 aromatic carbocycles. The van der Waals surface area contributed by atoms with Gasteiger partial charge in [0.05, 0.1) is 0 Å². The number of amides is 1. The van der Waals surface area contributed by atoms with Gasteiger partial charge >= 0.3 is 6.18 Å². The third kappa shape index (κ3) is 5.27. The third-order valence-corrected chi connectivity index (χ3v) is 4.90. The van der Waals surface area contributed by atoms with Crippen LogP contribution in [0.25, 0.3) is 5.82 Å². The van der Waals surface area contributed by atoms with E-state index in [4.69, 9.17) is 5.73 Å². The molecule has 0 bridgehead atoms. The number of nitrogens with one attached hydrogen (secondary N) is 2. The normalized spacial score (nSPS) is 16.1. The first-order valence-electron chi connectivity index (χ1n) is 9.88. The molecule has 33 heavy (non-hydrogen) atoms. The van der Waals surface area contributed by atoms with Crippen LogP contribution < -0.4 is 21.3 Å². The molecule has 1 aliphatic heterocycles. The molecule has 180 valence electrons. The van der Waals surface area contributed by atoms with Gasteiger partial charge in [-0.05, 0) is 37.1 Å². The van der Waals surface area contributed by atoms with Gasteiger partial charge in [0, 0.05) is 22.6 Å². The topological polar surface area (TPSA) is 127 Å². The summed E-state index contributed by atoms with van der Waals surface area (Å²) in [5.41, 5.74) is 6.50. The van der Waals surface area contributed by atoms with Gasteiger partial charge in [-0.25, -0.2) is 14.4 Å². The average Bonchev–Trinajstić information content (AvgIpc) is 3.40. The van der Waals surface area contributed by atoms with Crippen molar-refractivity contribution in [2.75, 3.05) is 29.0 Å². The Morgan fingerprint density at radius 3 is 2.67 bits per heavy atom. The highest BCUT2D eigenvalue weighted by atomic mass is 19.4. The van der Waals surface area contributed by atoms with Crippen molar-refractivity contribution in [1.29, 1.82) is 0 Å². The average molecular weight is 471 g/mol. The second-order valence-electron chi connectivity index (χ2n) is 7.26. The Kier molecular flexibility index (Phi) is 5.98. The molecule has 10 nitrogen and oxygen atoms in total. The van der Waals surface area contributed by atoms with Crippen LogP contribution in [0.2, 0.25) is 0 Å². The number of rotatable bonds is 6. The van der Waals surface area contributed by atoms with E-state index in [1.54, 1.807) is 4.90 Å². The lowest BCUT2D eigenvalue weighted by atomic mass is 10.2. The summed E-state index contributed by atoms with van der Waals surface area (Å²) in [6.07, 6.45) is -2.26. The Balaban J connectivity index is 0.00000216. The number of hydrogen-bond acceptors (Lipinski definition) is 8. The smallest absolute Gasteiger partial charge is 0.368 e. The molecule has 1 fully saturated rings. The molecule has 14 heteroatoms. The van der Waals surface area contributed by atoms with Crippen LogP contribution in [-0.4, -0.2) is 55.9 Å². The van der Waals surface area contributed by atoms with E-state index >= 15 is 0 Å². The Labute approximate surface area is 189 Å². The number of benzene rings is 1. The Bertz CT molecular complexity index is 1150. The SMILES string of the molecule is Nc1nc(Nc2ccc(F)cc2)nn1-c1cc(N2CCC[C@@H]2C(=O)NCC(F)(F)F)ncn1.[HH].[HH].[HH]. The number of carbonyl (C=O) groups is 1. The number of aromatic nitrogens is 5. The number of anilines is 4. The van der Waals surface area contributed by atoms with Crippen molar-refractivity contribution >= 4 is 29.3 Å². The Morgan fingerprint density at radius 1 is 1.21 bits per heavy atom. The van der Waals surface area contributed by atoms with E-state index in [0.29, 0.717) is 30.9 Å². The molecule has 1 amide bonds. The fourth-order valence-electron chi connectivity index (χ4n) is 3.44. The van der Waals surface area contributed by atoms with Gasteiger partial charge in [0.25, 0.3) is 0 Å². The maximum atomic E-state index is 13.1. The van der Waals surface area contributed by atoms with Gasteiger partial charge in [-0.2, -0.15) is 22.8 Å². The summed E-state index contributed by atoms with van der Waals surface area (Å²) in [5, 5.41) is 9.05. The summed E-state index contributed by atoms with van der Waals surface area (Å²) < 4.78 is 51.7. The third-order valence-electron chi connectivity index (χ3n) is 4.90. The first-order chi connectivity index (χ1) is 15.7. The van der Waals surface area contributed by atoms with Crippen molar-refractivity contribution in [1.82, 2.24) is 30.0 Å². The molecule has 1 atom stereocenters. The maximum Gasteiger partial charge on any atom is 0.405 e. The zero-order chi connectivity index (χ0) is 23.6. The van der Waals surface area contributed by atoms with Gasteiger partial charge < -0.3 is 21.3 Å². The number of nitrogens with two attached hydrogens (primary N) is 1. The maximum absolute atomic E-state index is 13.1. The van der Waals surface area contributed by atoms with Crippen LogP contribution in [0.4, 0.5) is 41.0 Å². The second-order valence-corrected chi connectivity index (χ2v) is 7.26. The standard InChI is InChI=1S/C19H19F4N9O.3H2/c20-11-3-5-12(6-4-11)28-18-29-17(24)32(30-18)15-8-14(26-10-27-15)31-7-1-2-13(31)16(33)25-9-19(21,22)23;;;/h3-6,8,10,13H,1-2,7,9H2,(H,25,33)(H3,24,28,29,30);3*1H/t13-;;;/m1.../s1. The van der Waals surface area contributed by atoms with Gasteiger partial charge in [-0.3, -0.25) is 4.79 Å². The molecule has 1 saturated heterocycles. The number of carbonyl (C=O) groups excluding carboxylic acids is 1. The van der Waals surface area contributed by atoms with E-state index in [1.165, 1.54) is 41.3 Å². The molecule has 1 aliphatic rings. The van der Waals surface area contributed by atoms with Crippen LogP contribution in [-0.2, 0) is 4.79 Å². The summed E-state index contributed by atoms with van der Waals surface area (Å²) in [6, 6.07) is 6.28. The van der Waals surface area contributed by atoms with Crippen LogP contribution in [0.1, 0.15) is 17.1 Å². The summed E-state index contributed by atoms with van der Waals surface area (Å²) in [6.45, 7) is -0.963. The van der Waals surface area contributed by atoms with Crippen molar-refractivity contribution in [3.63, 3.8) is 0 Å². The lowest BCUT2D eigenvalue weighted by molar-refractivity contribution is -0.139. The predicted octanol–water partition coefficient (Wildman–Crippen LogP) is 2.91. The molecule has 0 radical (unpaired) electrons. The molecular weight excluding hydrogens is 446 g/mol. The van der Waals surface area contributed by atoms with Crippen molar-refractivity contribution in [3.05, 3.63) is 42.5 Å². The molecule has 3 heterocycles. The number of halogens is 4. The minimum absolute atomic E-state index is 0. The summed E-state index contributed by atoms with van der Waals surface area (Å²) in [5.74, 6) is -0.378. The predicted molar refractivity (Wildman–Crippen MR) is 117 cm³/mol. The zero-order valence-corrected chi connectivity index (χ0v) is 17.1. The number of nitrogens with zero attached hydrogens (tertiary/aromatic N) is 6. The Morgan fingerprint density at radius 2 is 1.94 bits per heavy atom. The molecule has 4 N–H and O–H groups in total. The van der Waals surface area contributed by atoms with Gasteiger partial charge in [-0.15, -0.1) is 5.10 Å². The molecule has 0 saturated carbocycles. The highest BCUT2D eigenvalue weighted by Gasteiger charge is 2.35. The lowest BCUT2D eigenvalue weighted by Crippen LogP contribution is -2.46. The quantitative estimate of drug-likeness (QED) is 0.469.